The predicted molar refractivity (Wildman–Crippen MR) is 72.0 cm³/mol. The fourth-order valence-electron chi connectivity index (χ4n) is 2.57. The molecule has 102 valence electrons. The van der Waals surface area contributed by atoms with Gasteiger partial charge in [-0.1, -0.05) is 19.8 Å². The first-order valence-electron chi connectivity index (χ1n) is 7.04. The highest BCUT2D eigenvalue weighted by Gasteiger charge is 2.24. The molecule has 0 saturated carbocycles. The molecular weight excluding hydrogens is 226 g/mol. The molecule has 4 heteroatoms. The molecule has 1 aliphatic rings. The van der Waals surface area contributed by atoms with Crippen LogP contribution in [0.1, 0.15) is 45.4 Å². The van der Waals surface area contributed by atoms with Gasteiger partial charge in [-0.15, -0.1) is 0 Å². The van der Waals surface area contributed by atoms with E-state index in [-0.39, 0.29) is 5.91 Å². The first-order valence-corrected chi connectivity index (χ1v) is 7.04. The van der Waals surface area contributed by atoms with Crippen LogP contribution in [0.4, 0.5) is 0 Å². The summed E-state index contributed by atoms with van der Waals surface area (Å²) in [6, 6.07) is 2.66. The van der Waals surface area contributed by atoms with Crippen molar-refractivity contribution in [2.24, 2.45) is 0 Å². The number of likely N-dealkylation sites (N-methyl/N-ethyl adjacent to an activating group) is 1. The molecule has 0 N–H and O–H groups in total. The van der Waals surface area contributed by atoms with Crippen LogP contribution in [0.2, 0.25) is 0 Å². The summed E-state index contributed by atoms with van der Waals surface area (Å²) in [6.45, 7) is 4.31. The monoisotopic (exact) mass is 251 g/mol. The van der Waals surface area contributed by atoms with Crippen LogP contribution in [0, 0.1) is 11.3 Å². The topological polar surface area (TPSA) is 47.3 Å². The fourth-order valence-corrected chi connectivity index (χ4v) is 2.57. The van der Waals surface area contributed by atoms with Crippen LogP contribution in [-0.4, -0.2) is 48.4 Å². The minimum absolute atomic E-state index is 0.147. The molecule has 1 atom stereocenters. The van der Waals surface area contributed by atoms with Gasteiger partial charge in [0.15, 0.2) is 0 Å². The Hall–Kier alpha value is -1.08. The van der Waals surface area contributed by atoms with Gasteiger partial charge in [0.25, 0.3) is 0 Å². The molecule has 0 bridgehead atoms. The average molecular weight is 251 g/mol. The lowest BCUT2D eigenvalue weighted by Crippen LogP contribution is -2.46. The van der Waals surface area contributed by atoms with Gasteiger partial charge >= 0.3 is 0 Å². The van der Waals surface area contributed by atoms with E-state index in [4.69, 9.17) is 5.26 Å². The van der Waals surface area contributed by atoms with Crippen molar-refractivity contribution in [3.63, 3.8) is 0 Å². The zero-order valence-electron chi connectivity index (χ0n) is 11.7. The van der Waals surface area contributed by atoms with Gasteiger partial charge in [0.05, 0.1) is 19.0 Å². The standard InChI is InChI=1S/C14H25N3O/c1-3-7-13-8-4-5-11-17(13)12-14(18)16(2)10-6-9-15/h13H,3-8,10-12H2,1-2H3. The first-order chi connectivity index (χ1) is 8.69. The summed E-state index contributed by atoms with van der Waals surface area (Å²) < 4.78 is 0. The van der Waals surface area contributed by atoms with E-state index in [1.807, 2.05) is 0 Å². The third kappa shape index (κ3) is 4.66. The highest BCUT2D eigenvalue weighted by molar-refractivity contribution is 5.78. The largest absolute Gasteiger partial charge is 0.344 e. The summed E-state index contributed by atoms with van der Waals surface area (Å²) in [6.07, 6.45) is 6.51. The number of carbonyl (C=O) groups is 1. The molecule has 1 rings (SSSR count). The van der Waals surface area contributed by atoms with Crippen LogP contribution < -0.4 is 0 Å². The molecule has 0 aromatic heterocycles. The van der Waals surface area contributed by atoms with Crippen LogP contribution in [0.25, 0.3) is 0 Å². The lowest BCUT2D eigenvalue weighted by molar-refractivity contribution is -0.132. The molecule has 1 aliphatic heterocycles. The van der Waals surface area contributed by atoms with Crippen molar-refractivity contribution in [3.8, 4) is 6.07 Å². The van der Waals surface area contributed by atoms with Gasteiger partial charge < -0.3 is 4.90 Å². The van der Waals surface area contributed by atoms with Gasteiger partial charge in [-0.3, -0.25) is 9.69 Å². The minimum atomic E-state index is 0.147. The number of nitrogens with zero attached hydrogens (tertiary/aromatic N) is 3. The molecule has 18 heavy (non-hydrogen) atoms. The van der Waals surface area contributed by atoms with Crippen LogP contribution in [0.5, 0.6) is 0 Å². The second-order valence-electron chi connectivity index (χ2n) is 5.13. The number of hydrogen-bond donors (Lipinski definition) is 0. The molecule has 0 aromatic carbocycles. The van der Waals surface area contributed by atoms with Crippen LogP contribution in [0.15, 0.2) is 0 Å². The summed E-state index contributed by atoms with van der Waals surface area (Å²) >= 11 is 0. The average Bonchev–Trinajstić information content (AvgIpc) is 2.38. The first kappa shape index (κ1) is 15.0. The molecule has 1 heterocycles. The Bertz CT molecular complexity index is 296. The van der Waals surface area contributed by atoms with Gasteiger partial charge in [0.2, 0.25) is 5.91 Å². The highest BCUT2D eigenvalue weighted by atomic mass is 16.2. The number of amides is 1. The zero-order valence-corrected chi connectivity index (χ0v) is 11.7. The molecular formula is C14H25N3O. The van der Waals surface area contributed by atoms with E-state index in [0.717, 1.165) is 6.54 Å². The summed E-state index contributed by atoms with van der Waals surface area (Å²) in [4.78, 5) is 16.1. The number of hydrogen-bond acceptors (Lipinski definition) is 3. The van der Waals surface area contributed by atoms with E-state index in [0.29, 0.717) is 25.6 Å². The van der Waals surface area contributed by atoms with E-state index in [1.165, 1.54) is 32.1 Å². The molecule has 4 nitrogen and oxygen atoms in total. The maximum absolute atomic E-state index is 12.0. The molecule has 1 amide bonds. The third-order valence-corrected chi connectivity index (χ3v) is 3.69. The quantitative estimate of drug-likeness (QED) is 0.725. The molecule has 0 aliphatic carbocycles. The number of piperidine rings is 1. The minimum Gasteiger partial charge on any atom is -0.344 e. The zero-order chi connectivity index (χ0) is 13.4. The maximum atomic E-state index is 12.0. The summed E-state index contributed by atoms with van der Waals surface area (Å²) in [5.41, 5.74) is 0. The highest BCUT2D eigenvalue weighted by Crippen LogP contribution is 2.20. The van der Waals surface area contributed by atoms with Gasteiger partial charge in [-0.2, -0.15) is 5.26 Å². The Balaban J connectivity index is 2.43. The normalized spacial score (nSPS) is 20.4. The number of likely N-dealkylation sites (tertiary alicyclic amines) is 1. The van der Waals surface area contributed by atoms with E-state index in [9.17, 15) is 4.79 Å². The van der Waals surface area contributed by atoms with Crippen molar-refractivity contribution in [1.29, 1.82) is 5.26 Å². The van der Waals surface area contributed by atoms with Crippen molar-refractivity contribution in [2.45, 2.75) is 51.5 Å². The number of carbonyl (C=O) groups excluding carboxylic acids is 1. The molecule has 0 spiro atoms. The fraction of sp³-hybridized carbons (Fsp3) is 0.857. The lowest BCUT2D eigenvalue weighted by Gasteiger charge is -2.36. The second-order valence-corrected chi connectivity index (χ2v) is 5.13. The van der Waals surface area contributed by atoms with Crippen molar-refractivity contribution in [1.82, 2.24) is 9.80 Å². The van der Waals surface area contributed by atoms with Gasteiger partial charge in [-0.05, 0) is 25.8 Å². The Morgan fingerprint density at radius 3 is 2.94 bits per heavy atom. The molecule has 1 fully saturated rings. The summed E-state index contributed by atoms with van der Waals surface area (Å²) in [5, 5.41) is 8.53. The SMILES string of the molecule is CCCC1CCCCN1CC(=O)N(C)CCC#N. The van der Waals surface area contributed by atoms with Crippen molar-refractivity contribution >= 4 is 5.91 Å². The smallest absolute Gasteiger partial charge is 0.236 e. The number of rotatable bonds is 6. The van der Waals surface area contributed by atoms with E-state index >= 15 is 0 Å². The third-order valence-electron chi connectivity index (χ3n) is 3.69. The lowest BCUT2D eigenvalue weighted by atomic mass is 9.98. The molecule has 1 saturated heterocycles. The maximum Gasteiger partial charge on any atom is 0.236 e. The predicted octanol–water partition coefficient (Wildman–Crippen LogP) is 2.01. The summed E-state index contributed by atoms with van der Waals surface area (Å²) in [5.74, 6) is 0.147. The molecule has 0 aromatic rings. The van der Waals surface area contributed by atoms with Crippen LogP contribution in [-0.2, 0) is 4.79 Å². The Morgan fingerprint density at radius 1 is 1.50 bits per heavy atom. The number of nitriles is 1. The molecule has 1 unspecified atom stereocenters. The Labute approximate surface area is 111 Å². The van der Waals surface area contributed by atoms with Gasteiger partial charge in [-0.25, -0.2) is 0 Å². The Kier molecular flexibility index (Phi) is 6.74. The van der Waals surface area contributed by atoms with E-state index < -0.39 is 0 Å². The molecule has 0 radical (unpaired) electrons. The van der Waals surface area contributed by atoms with Gasteiger partial charge in [0, 0.05) is 19.6 Å². The van der Waals surface area contributed by atoms with E-state index in [1.54, 1.807) is 11.9 Å². The van der Waals surface area contributed by atoms with Gasteiger partial charge in [0.1, 0.15) is 0 Å². The van der Waals surface area contributed by atoms with Crippen molar-refractivity contribution in [3.05, 3.63) is 0 Å². The van der Waals surface area contributed by atoms with E-state index in [2.05, 4.69) is 17.9 Å². The Morgan fingerprint density at radius 2 is 2.28 bits per heavy atom. The van der Waals surface area contributed by atoms with Crippen LogP contribution >= 0.6 is 0 Å². The van der Waals surface area contributed by atoms with Crippen molar-refractivity contribution < 1.29 is 4.79 Å². The van der Waals surface area contributed by atoms with Crippen LogP contribution in [0.3, 0.4) is 0 Å². The van der Waals surface area contributed by atoms with Crippen molar-refractivity contribution in [2.75, 3.05) is 26.7 Å². The summed E-state index contributed by atoms with van der Waals surface area (Å²) in [7, 11) is 1.79. The second kappa shape index (κ2) is 8.10.